The Morgan fingerprint density at radius 3 is 2.55 bits per heavy atom. The lowest BCUT2D eigenvalue weighted by Crippen LogP contribution is -2.48. The van der Waals surface area contributed by atoms with Gasteiger partial charge in [0.15, 0.2) is 6.23 Å². The number of furan rings is 1. The van der Waals surface area contributed by atoms with E-state index < -0.39 is 47.7 Å². The summed E-state index contributed by atoms with van der Waals surface area (Å²) in [7, 11) is 1.62. The Morgan fingerprint density at radius 2 is 1.87 bits per heavy atom. The molecule has 1 saturated heterocycles. The summed E-state index contributed by atoms with van der Waals surface area (Å²) in [6, 6.07) is 13.0. The van der Waals surface area contributed by atoms with Crippen molar-refractivity contribution in [3.05, 3.63) is 93.2 Å². The molecule has 4 N–H and O–H groups in total. The van der Waals surface area contributed by atoms with Gasteiger partial charge in [0.05, 0.1) is 18.9 Å². The quantitative estimate of drug-likeness (QED) is 0.284. The van der Waals surface area contributed by atoms with Crippen LogP contribution in [0.5, 0.6) is 0 Å². The third-order valence-corrected chi connectivity index (χ3v) is 6.38. The number of rotatable bonds is 10. The first-order valence-corrected chi connectivity index (χ1v) is 12.2. The van der Waals surface area contributed by atoms with Gasteiger partial charge in [0, 0.05) is 32.2 Å². The Hall–Kier alpha value is -4.00. The van der Waals surface area contributed by atoms with Crippen LogP contribution in [0.4, 0.5) is 0 Å². The largest absolute Gasteiger partial charge is 0.467 e. The van der Waals surface area contributed by atoms with E-state index in [0.717, 1.165) is 22.4 Å². The topological polar surface area (TPSA) is 167 Å². The molecule has 3 aromatic rings. The summed E-state index contributed by atoms with van der Waals surface area (Å²) in [6.07, 6.45) is -2.14. The Labute approximate surface area is 217 Å². The summed E-state index contributed by atoms with van der Waals surface area (Å²) in [5, 5.41) is 23.6. The lowest BCUT2D eigenvalue weighted by atomic mass is 10.0. The molecule has 5 atom stereocenters. The van der Waals surface area contributed by atoms with Gasteiger partial charge >= 0.3 is 5.69 Å². The Morgan fingerprint density at radius 1 is 1.11 bits per heavy atom. The summed E-state index contributed by atoms with van der Waals surface area (Å²) < 4.78 is 12.0. The molecule has 0 bridgehead atoms. The van der Waals surface area contributed by atoms with Gasteiger partial charge in [-0.2, -0.15) is 0 Å². The zero-order valence-electron chi connectivity index (χ0n) is 20.7. The highest BCUT2D eigenvalue weighted by atomic mass is 16.6. The van der Waals surface area contributed by atoms with Crippen LogP contribution in [-0.2, 0) is 27.3 Å². The first kappa shape index (κ1) is 27.0. The predicted octanol–water partition coefficient (Wildman–Crippen LogP) is -0.0849. The number of amides is 2. The van der Waals surface area contributed by atoms with Gasteiger partial charge in [0.2, 0.25) is 11.8 Å². The highest BCUT2D eigenvalue weighted by Gasteiger charge is 2.44. The van der Waals surface area contributed by atoms with Crippen LogP contribution < -0.4 is 16.6 Å². The third-order valence-electron chi connectivity index (χ3n) is 6.38. The molecule has 1 aliphatic rings. The average molecular weight is 527 g/mol. The fourth-order valence-electron chi connectivity index (χ4n) is 4.40. The van der Waals surface area contributed by atoms with Gasteiger partial charge in [-0.05, 0) is 24.1 Å². The monoisotopic (exact) mass is 526 g/mol. The Balaban J connectivity index is 1.39. The highest BCUT2D eigenvalue weighted by Crippen LogP contribution is 2.30. The van der Waals surface area contributed by atoms with Crippen molar-refractivity contribution in [1.82, 2.24) is 19.8 Å². The van der Waals surface area contributed by atoms with Gasteiger partial charge in [-0.3, -0.25) is 23.9 Å². The number of aromatic amines is 1. The number of nitrogens with zero attached hydrogens (tertiary/aromatic N) is 2. The normalized spacial score (nSPS) is 21.7. The number of carbonyl (C=O) groups is 2. The van der Waals surface area contributed by atoms with Crippen molar-refractivity contribution in [2.24, 2.45) is 0 Å². The number of ether oxygens (including phenoxy) is 1. The molecule has 0 unspecified atom stereocenters. The van der Waals surface area contributed by atoms with E-state index in [1.54, 1.807) is 19.2 Å². The fraction of sp³-hybridized carbons (Fsp3) is 0.385. The number of hydrogen-bond donors (Lipinski definition) is 4. The second-order valence-corrected chi connectivity index (χ2v) is 9.19. The van der Waals surface area contributed by atoms with Crippen LogP contribution in [0.2, 0.25) is 0 Å². The maximum atomic E-state index is 13.2. The second kappa shape index (κ2) is 12.0. The summed E-state index contributed by atoms with van der Waals surface area (Å²) in [4.78, 5) is 53.0. The molecule has 1 aliphatic heterocycles. The molecule has 2 aromatic heterocycles. The van der Waals surface area contributed by atoms with Crippen LogP contribution in [0, 0.1) is 0 Å². The summed E-state index contributed by atoms with van der Waals surface area (Å²) >= 11 is 0. The van der Waals surface area contributed by atoms with Gasteiger partial charge in [0.25, 0.3) is 5.56 Å². The number of benzene rings is 1. The van der Waals surface area contributed by atoms with E-state index >= 15 is 0 Å². The summed E-state index contributed by atoms with van der Waals surface area (Å²) in [5.41, 5.74) is -0.542. The van der Waals surface area contributed by atoms with Crippen molar-refractivity contribution in [1.29, 1.82) is 0 Å². The van der Waals surface area contributed by atoms with Crippen molar-refractivity contribution >= 4 is 11.8 Å². The minimum atomic E-state index is -1.45. The molecule has 0 aliphatic carbocycles. The number of hydrogen-bond acceptors (Lipinski definition) is 8. The number of likely N-dealkylation sites (N-methyl/N-ethyl adjacent to an activating group) is 1. The van der Waals surface area contributed by atoms with E-state index in [4.69, 9.17) is 9.15 Å². The zero-order chi connectivity index (χ0) is 27.2. The molecule has 4 rings (SSSR count). The van der Waals surface area contributed by atoms with Crippen molar-refractivity contribution < 1.29 is 29.0 Å². The van der Waals surface area contributed by atoms with Gasteiger partial charge in [0.1, 0.15) is 24.0 Å². The van der Waals surface area contributed by atoms with Gasteiger partial charge < -0.3 is 29.6 Å². The first-order valence-electron chi connectivity index (χ1n) is 12.2. The van der Waals surface area contributed by atoms with Gasteiger partial charge in [-0.1, -0.05) is 30.3 Å². The average Bonchev–Trinajstić information content (AvgIpc) is 3.51. The maximum absolute atomic E-state index is 13.2. The summed E-state index contributed by atoms with van der Waals surface area (Å²) in [5.74, 6) is -0.142. The fourth-order valence-corrected chi connectivity index (χ4v) is 4.40. The SMILES string of the molecule is CN(Cc1ccco1)C(=O)[C@H](Cc1ccccc1)NC(=O)CC[C@H]1O[C@@H](n2ccc(=O)[nH]c2=O)[C@H](O)[C@@H]1O. The van der Waals surface area contributed by atoms with Crippen LogP contribution >= 0.6 is 0 Å². The molecule has 202 valence electrons. The minimum absolute atomic E-state index is 0.0210. The molecular formula is C26H30N4O8. The maximum Gasteiger partial charge on any atom is 0.330 e. The molecule has 1 fully saturated rings. The summed E-state index contributed by atoms with van der Waals surface area (Å²) in [6.45, 7) is 0.235. The molecule has 38 heavy (non-hydrogen) atoms. The molecule has 1 aromatic carbocycles. The lowest BCUT2D eigenvalue weighted by Gasteiger charge is -2.24. The Kier molecular flexibility index (Phi) is 8.56. The molecule has 0 saturated carbocycles. The predicted molar refractivity (Wildman–Crippen MR) is 134 cm³/mol. The third kappa shape index (κ3) is 6.46. The standard InChI is InChI=1S/C26H30N4O8/c1-29(15-17-8-5-13-37-17)24(35)18(14-16-6-3-2-4-7-16)27-20(31)10-9-19-22(33)23(34)25(38-19)30-12-11-21(32)28-26(30)36/h2-8,11-13,18-19,22-23,25,33-34H,9-10,14-15H2,1H3,(H,27,31)(H,28,32,36)/t18-,19+,22+,23+,25+/m0/s1. The Bertz CT molecular complexity index is 1340. The van der Waals surface area contributed by atoms with Gasteiger partial charge in [-0.25, -0.2) is 4.79 Å². The molecule has 0 radical (unpaired) electrons. The minimum Gasteiger partial charge on any atom is -0.467 e. The number of H-pyrrole nitrogens is 1. The van der Waals surface area contributed by atoms with E-state index in [2.05, 4.69) is 10.3 Å². The van der Waals surface area contributed by atoms with Crippen LogP contribution in [0.15, 0.2) is 75.0 Å². The zero-order valence-corrected chi connectivity index (χ0v) is 20.7. The number of nitrogens with one attached hydrogen (secondary N) is 2. The van der Waals surface area contributed by atoms with Crippen LogP contribution in [0.3, 0.4) is 0 Å². The van der Waals surface area contributed by atoms with Gasteiger partial charge in [-0.15, -0.1) is 0 Å². The highest BCUT2D eigenvalue weighted by molar-refractivity contribution is 5.87. The molecule has 12 nitrogen and oxygen atoms in total. The molecule has 3 heterocycles. The van der Waals surface area contributed by atoms with E-state index in [-0.39, 0.29) is 31.7 Å². The smallest absolute Gasteiger partial charge is 0.330 e. The van der Waals surface area contributed by atoms with Crippen LogP contribution in [0.1, 0.15) is 30.4 Å². The first-order chi connectivity index (χ1) is 18.2. The van der Waals surface area contributed by atoms with Crippen LogP contribution in [0.25, 0.3) is 0 Å². The van der Waals surface area contributed by atoms with Crippen molar-refractivity contribution in [3.63, 3.8) is 0 Å². The van der Waals surface area contributed by atoms with E-state index in [1.807, 2.05) is 30.3 Å². The molecule has 0 spiro atoms. The van der Waals surface area contributed by atoms with Crippen LogP contribution in [-0.4, -0.2) is 67.9 Å². The van der Waals surface area contributed by atoms with Crippen molar-refractivity contribution in [2.45, 2.75) is 56.4 Å². The lowest BCUT2D eigenvalue weighted by molar-refractivity contribution is -0.136. The second-order valence-electron chi connectivity index (χ2n) is 9.19. The number of aliphatic hydroxyl groups is 2. The molecule has 12 heteroatoms. The van der Waals surface area contributed by atoms with E-state index in [9.17, 15) is 29.4 Å². The van der Waals surface area contributed by atoms with E-state index in [1.165, 1.54) is 11.2 Å². The van der Waals surface area contributed by atoms with Crippen molar-refractivity contribution in [2.75, 3.05) is 7.05 Å². The van der Waals surface area contributed by atoms with E-state index in [0.29, 0.717) is 5.76 Å². The molecular weight excluding hydrogens is 496 g/mol. The van der Waals surface area contributed by atoms with Crippen molar-refractivity contribution in [3.8, 4) is 0 Å². The number of carbonyl (C=O) groups excluding carboxylic acids is 2. The number of aromatic nitrogens is 2. The number of aliphatic hydroxyl groups excluding tert-OH is 2. The molecule has 2 amide bonds.